The third-order valence-electron chi connectivity index (χ3n) is 4.65. The van der Waals surface area contributed by atoms with Crippen LogP contribution in [0.2, 0.25) is 0 Å². The standard InChI is InChI=1S/C22H17NO/c1-22(20-9-3-2-4-10-20)14-19(15-23)21(24-22)18-12-11-16-7-5-6-8-17(16)13-18/h2-13H,14H2,1H3. The second-order valence-electron chi connectivity index (χ2n) is 6.36. The van der Waals surface area contributed by atoms with Gasteiger partial charge in [-0.25, -0.2) is 0 Å². The smallest absolute Gasteiger partial charge is 0.141 e. The molecule has 0 bridgehead atoms. The Balaban J connectivity index is 1.77. The van der Waals surface area contributed by atoms with Gasteiger partial charge in [0.05, 0.1) is 11.6 Å². The van der Waals surface area contributed by atoms with E-state index < -0.39 is 5.60 Å². The first-order valence-corrected chi connectivity index (χ1v) is 8.07. The Morgan fingerprint density at radius 3 is 2.38 bits per heavy atom. The lowest BCUT2D eigenvalue weighted by Gasteiger charge is -2.26. The minimum atomic E-state index is -0.493. The van der Waals surface area contributed by atoms with Crippen molar-refractivity contribution < 1.29 is 4.74 Å². The highest BCUT2D eigenvalue weighted by molar-refractivity contribution is 5.86. The summed E-state index contributed by atoms with van der Waals surface area (Å²) in [4.78, 5) is 0. The van der Waals surface area contributed by atoms with Crippen LogP contribution in [0, 0.1) is 11.3 Å². The van der Waals surface area contributed by atoms with E-state index in [4.69, 9.17) is 4.74 Å². The van der Waals surface area contributed by atoms with Gasteiger partial charge in [-0.15, -0.1) is 0 Å². The molecule has 0 aliphatic carbocycles. The highest BCUT2D eigenvalue weighted by atomic mass is 16.5. The average molecular weight is 311 g/mol. The summed E-state index contributed by atoms with van der Waals surface area (Å²) in [5, 5.41) is 11.9. The first-order valence-electron chi connectivity index (χ1n) is 8.07. The first-order chi connectivity index (χ1) is 11.7. The molecule has 1 atom stereocenters. The molecule has 2 heteroatoms. The van der Waals surface area contributed by atoms with Gasteiger partial charge in [-0.3, -0.25) is 0 Å². The van der Waals surface area contributed by atoms with Gasteiger partial charge in [0.15, 0.2) is 0 Å². The minimum absolute atomic E-state index is 0.493. The van der Waals surface area contributed by atoms with Crippen LogP contribution in [-0.4, -0.2) is 0 Å². The molecule has 0 aromatic heterocycles. The molecule has 116 valence electrons. The van der Waals surface area contributed by atoms with Crippen molar-refractivity contribution in [3.05, 3.63) is 89.5 Å². The molecule has 1 aliphatic rings. The lowest BCUT2D eigenvalue weighted by atomic mass is 9.91. The van der Waals surface area contributed by atoms with E-state index in [1.807, 2.05) is 43.3 Å². The summed E-state index contributed by atoms with van der Waals surface area (Å²) in [6, 6.07) is 26.9. The van der Waals surface area contributed by atoms with Crippen molar-refractivity contribution in [2.75, 3.05) is 0 Å². The van der Waals surface area contributed by atoms with Gasteiger partial charge >= 0.3 is 0 Å². The van der Waals surface area contributed by atoms with Crippen LogP contribution >= 0.6 is 0 Å². The summed E-state index contributed by atoms with van der Waals surface area (Å²) in [6.07, 6.45) is 0.593. The van der Waals surface area contributed by atoms with Crippen LogP contribution in [0.1, 0.15) is 24.5 Å². The predicted octanol–water partition coefficient (Wildman–Crippen LogP) is 5.41. The van der Waals surface area contributed by atoms with Crippen molar-refractivity contribution in [2.45, 2.75) is 18.9 Å². The molecule has 0 spiro atoms. The molecule has 3 aromatic carbocycles. The average Bonchev–Trinajstić information content (AvgIpc) is 3.00. The highest BCUT2D eigenvalue weighted by Gasteiger charge is 2.38. The zero-order valence-electron chi connectivity index (χ0n) is 13.5. The van der Waals surface area contributed by atoms with E-state index in [1.54, 1.807) is 0 Å². The van der Waals surface area contributed by atoms with Crippen LogP contribution in [0.4, 0.5) is 0 Å². The topological polar surface area (TPSA) is 33.0 Å². The summed E-state index contributed by atoms with van der Waals surface area (Å²) in [6.45, 7) is 2.05. The molecule has 3 aromatic rings. The van der Waals surface area contributed by atoms with Crippen molar-refractivity contribution in [3.63, 3.8) is 0 Å². The van der Waals surface area contributed by atoms with E-state index in [-0.39, 0.29) is 0 Å². The number of fused-ring (bicyclic) bond motifs is 1. The Morgan fingerprint density at radius 2 is 1.62 bits per heavy atom. The molecule has 2 nitrogen and oxygen atoms in total. The normalized spacial score (nSPS) is 20.0. The SMILES string of the molecule is CC1(c2ccccc2)CC(C#N)=C(c2ccc3ccccc3c2)O1. The summed E-state index contributed by atoms with van der Waals surface area (Å²) < 4.78 is 6.33. The maximum absolute atomic E-state index is 9.60. The van der Waals surface area contributed by atoms with Crippen molar-refractivity contribution in [1.29, 1.82) is 5.26 Å². The van der Waals surface area contributed by atoms with Gasteiger partial charge in [0.2, 0.25) is 0 Å². The molecular weight excluding hydrogens is 294 g/mol. The van der Waals surface area contributed by atoms with Crippen molar-refractivity contribution in [2.24, 2.45) is 0 Å². The van der Waals surface area contributed by atoms with Gasteiger partial charge < -0.3 is 4.74 Å². The quantitative estimate of drug-likeness (QED) is 0.634. The fourth-order valence-electron chi connectivity index (χ4n) is 3.35. The number of nitrogens with zero attached hydrogens (tertiary/aromatic N) is 1. The maximum atomic E-state index is 9.60. The number of hydrogen-bond donors (Lipinski definition) is 0. The Bertz CT molecular complexity index is 982. The molecular formula is C22H17NO. The third kappa shape index (κ3) is 2.35. The minimum Gasteiger partial charge on any atom is -0.481 e. The summed E-state index contributed by atoms with van der Waals surface area (Å²) >= 11 is 0. The monoisotopic (exact) mass is 311 g/mol. The molecule has 0 saturated carbocycles. The Morgan fingerprint density at radius 1 is 0.917 bits per heavy atom. The maximum Gasteiger partial charge on any atom is 0.141 e. The van der Waals surface area contributed by atoms with Gasteiger partial charge in [-0.05, 0) is 29.3 Å². The van der Waals surface area contributed by atoms with Crippen LogP contribution in [0.5, 0.6) is 0 Å². The second kappa shape index (κ2) is 5.54. The number of benzene rings is 3. The molecule has 0 N–H and O–H groups in total. The second-order valence-corrected chi connectivity index (χ2v) is 6.36. The van der Waals surface area contributed by atoms with E-state index in [0.717, 1.165) is 16.5 Å². The number of ether oxygens (including phenoxy) is 1. The molecule has 0 fully saturated rings. The molecule has 0 amide bonds. The first kappa shape index (κ1) is 14.5. The largest absolute Gasteiger partial charge is 0.481 e. The number of nitriles is 1. The van der Waals surface area contributed by atoms with E-state index >= 15 is 0 Å². The molecule has 1 unspecified atom stereocenters. The molecule has 24 heavy (non-hydrogen) atoms. The van der Waals surface area contributed by atoms with Gasteiger partial charge in [0, 0.05) is 12.0 Å². The van der Waals surface area contributed by atoms with E-state index in [9.17, 15) is 5.26 Å². The summed E-state index contributed by atoms with van der Waals surface area (Å²) in [5.74, 6) is 0.703. The van der Waals surface area contributed by atoms with Crippen LogP contribution in [0.15, 0.2) is 78.4 Å². The Kier molecular flexibility index (Phi) is 3.36. The molecule has 0 saturated heterocycles. The highest BCUT2D eigenvalue weighted by Crippen LogP contribution is 2.45. The van der Waals surface area contributed by atoms with Crippen LogP contribution in [0.3, 0.4) is 0 Å². The van der Waals surface area contributed by atoms with Gasteiger partial charge in [-0.1, -0.05) is 66.7 Å². The van der Waals surface area contributed by atoms with Crippen LogP contribution < -0.4 is 0 Å². The third-order valence-corrected chi connectivity index (χ3v) is 4.65. The van der Waals surface area contributed by atoms with Crippen LogP contribution in [-0.2, 0) is 10.3 Å². The molecule has 1 aliphatic heterocycles. The molecule has 1 heterocycles. The van der Waals surface area contributed by atoms with Gasteiger partial charge in [0.25, 0.3) is 0 Å². The van der Waals surface area contributed by atoms with Gasteiger partial charge in [-0.2, -0.15) is 5.26 Å². The molecule has 4 rings (SSSR count). The predicted molar refractivity (Wildman–Crippen MR) is 96.0 cm³/mol. The number of rotatable bonds is 2. The van der Waals surface area contributed by atoms with Crippen molar-refractivity contribution in [1.82, 2.24) is 0 Å². The summed E-state index contributed by atoms with van der Waals surface area (Å²) in [5.41, 5.74) is 2.27. The van der Waals surface area contributed by atoms with Crippen molar-refractivity contribution in [3.8, 4) is 6.07 Å². The van der Waals surface area contributed by atoms with E-state index in [1.165, 1.54) is 5.39 Å². The molecule has 0 radical (unpaired) electrons. The number of hydrogen-bond acceptors (Lipinski definition) is 2. The Hall–Kier alpha value is -3.05. The lowest BCUT2D eigenvalue weighted by Crippen LogP contribution is -2.20. The van der Waals surface area contributed by atoms with E-state index in [2.05, 4.69) is 42.5 Å². The lowest BCUT2D eigenvalue weighted by molar-refractivity contribution is 0.0776. The zero-order valence-corrected chi connectivity index (χ0v) is 13.5. The zero-order chi connectivity index (χ0) is 16.6. The fourth-order valence-corrected chi connectivity index (χ4v) is 3.35. The van der Waals surface area contributed by atoms with Gasteiger partial charge in [0.1, 0.15) is 11.4 Å². The fraction of sp³-hybridized carbons (Fsp3) is 0.136. The Labute approximate surface area is 141 Å². The van der Waals surface area contributed by atoms with Crippen LogP contribution in [0.25, 0.3) is 16.5 Å². The summed E-state index contributed by atoms with van der Waals surface area (Å²) in [7, 11) is 0. The van der Waals surface area contributed by atoms with Crippen molar-refractivity contribution >= 4 is 16.5 Å². The van der Waals surface area contributed by atoms with E-state index in [0.29, 0.717) is 17.8 Å².